The third-order valence-corrected chi connectivity index (χ3v) is 4.02. The lowest BCUT2D eigenvalue weighted by Gasteiger charge is -2.10. The molecule has 22 heavy (non-hydrogen) atoms. The molecule has 2 aromatic rings. The summed E-state index contributed by atoms with van der Waals surface area (Å²) in [5, 5.41) is 10.4. The fraction of sp³-hybridized carbons (Fsp3) is 0.200. The van der Waals surface area contributed by atoms with Crippen molar-refractivity contribution in [3.05, 3.63) is 45.6 Å². The Bertz CT molecular complexity index is 659. The van der Waals surface area contributed by atoms with E-state index in [1.807, 2.05) is 17.5 Å². The number of hydrogen-bond acceptors (Lipinski definition) is 3. The van der Waals surface area contributed by atoms with Gasteiger partial charge in [-0.1, -0.05) is 17.7 Å². The van der Waals surface area contributed by atoms with Gasteiger partial charge in [0.05, 0.1) is 10.7 Å². The third-order valence-electron chi connectivity index (χ3n) is 2.77. The van der Waals surface area contributed by atoms with Crippen LogP contribution in [0.2, 0.25) is 5.02 Å². The SMILES string of the molecule is CC(=O)Nc1ccc(NC(=O)NCCc2cccs2)c(Cl)c1. The number of thiophene rings is 1. The van der Waals surface area contributed by atoms with Gasteiger partial charge >= 0.3 is 6.03 Å². The van der Waals surface area contributed by atoms with Gasteiger partial charge in [-0.15, -0.1) is 11.3 Å². The highest BCUT2D eigenvalue weighted by molar-refractivity contribution is 7.09. The summed E-state index contributed by atoms with van der Waals surface area (Å²) >= 11 is 7.74. The molecule has 0 aliphatic carbocycles. The van der Waals surface area contributed by atoms with E-state index in [0.29, 0.717) is 22.9 Å². The zero-order valence-electron chi connectivity index (χ0n) is 12.0. The Labute approximate surface area is 137 Å². The Balaban J connectivity index is 1.84. The number of urea groups is 1. The normalized spacial score (nSPS) is 10.1. The molecule has 7 heteroatoms. The Kier molecular flexibility index (Phi) is 5.80. The second-order valence-electron chi connectivity index (χ2n) is 4.59. The zero-order valence-corrected chi connectivity index (χ0v) is 13.6. The van der Waals surface area contributed by atoms with Crippen molar-refractivity contribution in [1.82, 2.24) is 5.32 Å². The van der Waals surface area contributed by atoms with Gasteiger partial charge in [0.25, 0.3) is 0 Å². The highest BCUT2D eigenvalue weighted by Crippen LogP contribution is 2.25. The van der Waals surface area contributed by atoms with Gasteiger partial charge < -0.3 is 16.0 Å². The number of rotatable bonds is 5. The van der Waals surface area contributed by atoms with E-state index in [2.05, 4.69) is 16.0 Å². The number of halogens is 1. The summed E-state index contributed by atoms with van der Waals surface area (Å²) in [6.45, 7) is 1.97. The van der Waals surface area contributed by atoms with Gasteiger partial charge in [0.15, 0.2) is 0 Å². The van der Waals surface area contributed by atoms with Gasteiger partial charge in [-0.25, -0.2) is 4.79 Å². The number of anilines is 2. The molecule has 0 atom stereocenters. The van der Waals surface area contributed by atoms with Crippen molar-refractivity contribution in [2.24, 2.45) is 0 Å². The van der Waals surface area contributed by atoms with Crippen molar-refractivity contribution in [3.63, 3.8) is 0 Å². The van der Waals surface area contributed by atoms with E-state index in [4.69, 9.17) is 11.6 Å². The number of hydrogen-bond donors (Lipinski definition) is 3. The molecule has 1 aromatic carbocycles. The summed E-state index contributed by atoms with van der Waals surface area (Å²) in [5.74, 6) is -0.178. The van der Waals surface area contributed by atoms with Crippen LogP contribution < -0.4 is 16.0 Å². The first-order valence-electron chi connectivity index (χ1n) is 6.69. The van der Waals surface area contributed by atoms with Crippen molar-refractivity contribution in [2.45, 2.75) is 13.3 Å². The molecule has 0 radical (unpaired) electrons. The molecule has 0 unspecified atom stereocenters. The monoisotopic (exact) mass is 337 g/mol. The zero-order chi connectivity index (χ0) is 15.9. The smallest absolute Gasteiger partial charge is 0.319 e. The molecule has 116 valence electrons. The molecule has 0 saturated heterocycles. The molecule has 0 aliphatic heterocycles. The van der Waals surface area contributed by atoms with Gasteiger partial charge in [0, 0.05) is 24.0 Å². The Hall–Kier alpha value is -2.05. The van der Waals surface area contributed by atoms with Crippen LogP contribution in [0.4, 0.5) is 16.2 Å². The molecule has 0 fully saturated rings. The lowest BCUT2D eigenvalue weighted by atomic mass is 10.2. The average molecular weight is 338 g/mol. The number of nitrogens with one attached hydrogen (secondary N) is 3. The van der Waals surface area contributed by atoms with Crippen LogP contribution in [0.1, 0.15) is 11.8 Å². The Morgan fingerprint density at radius 2 is 2.05 bits per heavy atom. The topological polar surface area (TPSA) is 70.2 Å². The summed E-state index contributed by atoms with van der Waals surface area (Å²) in [6, 6.07) is 8.61. The molecule has 1 heterocycles. The summed E-state index contributed by atoms with van der Waals surface area (Å²) in [5.41, 5.74) is 1.07. The average Bonchev–Trinajstić information content (AvgIpc) is 2.94. The van der Waals surface area contributed by atoms with Crippen molar-refractivity contribution in [3.8, 4) is 0 Å². The molecular weight excluding hydrogens is 322 g/mol. The van der Waals surface area contributed by atoms with Crippen LogP contribution in [0.5, 0.6) is 0 Å². The lowest BCUT2D eigenvalue weighted by molar-refractivity contribution is -0.114. The van der Waals surface area contributed by atoms with E-state index < -0.39 is 0 Å². The first-order valence-corrected chi connectivity index (χ1v) is 7.95. The number of carbonyl (C=O) groups is 2. The predicted octanol–water partition coefficient (Wildman–Crippen LogP) is 3.72. The van der Waals surface area contributed by atoms with Crippen LogP contribution >= 0.6 is 22.9 Å². The largest absolute Gasteiger partial charge is 0.338 e. The minimum absolute atomic E-state index is 0.178. The minimum atomic E-state index is -0.314. The van der Waals surface area contributed by atoms with Gasteiger partial charge in [0.1, 0.15) is 0 Å². The van der Waals surface area contributed by atoms with Crippen molar-refractivity contribution >= 4 is 46.3 Å². The van der Waals surface area contributed by atoms with Gasteiger partial charge in [-0.05, 0) is 36.1 Å². The fourth-order valence-corrected chi connectivity index (χ4v) is 2.75. The van der Waals surface area contributed by atoms with E-state index in [1.54, 1.807) is 29.5 Å². The van der Waals surface area contributed by atoms with Crippen LogP contribution in [0.25, 0.3) is 0 Å². The van der Waals surface area contributed by atoms with Crippen molar-refractivity contribution in [2.75, 3.05) is 17.2 Å². The third kappa shape index (κ3) is 5.05. The second kappa shape index (κ2) is 7.82. The highest BCUT2D eigenvalue weighted by Gasteiger charge is 2.07. The van der Waals surface area contributed by atoms with E-state index in [-0.39, 0.29) is 11.9 Å². The maximum Gasteiger partial charge on any atom is 0.319 e. The first kappa shape index (κ1) is 16.3. The number of amides is 3. The minimum Gasteiger partial charge on any atom is -0.338 e. The number of benzene rings is 1. The molecule has 0 saturated carbocycles. The van der Waals surface area contributed by atoms with Crippen LogP contribution in [0, 0.1) is 0 Å². The van der Waals surface area contributed by atoms with Crippen LogP contribution in [-0.4, -0.2) is 18.5 Å². The maximum absolute atomic E-state index is 11.8. The standard InChI is InChI=1S/C15H16ClN3O2S/c1-10(20)18-11-4-5-14(13(16)9-11)19-15(21)17-7-6-12-3-2-8-22-12/h2-5,8-9H,6-7H2,1H3,(H,18,20)(H2,17,19,21). The maximum atomic E-state index is 11.8. The van der Waals surface area contributed by atoms with Gasteiger partial charge in [-0.2, -0.15) is 0 Å². The lowest BCUT2D eigenvalue weighted by Crippen LogP contribution is -2.30. The predicted molar refractivity (Wildman–Crippen MR) is 90.8 cm³/mol. The summed E-state index contributed by atoms with van der Waals surface area (Å²) in [7, 11) is 0. The van der Waals surface area contributed by atoms with E-state index >= 15 is 0 Å². The van der Waals surface area contributed by atoms with Gasteiger partial charge in [-0.3, -0.25) is 4.79 Å². The summed E-state index contributed by atoms with van der Waals surface area (Å²) < 4.78 is 0. The molecule has 3 N–H and O–H groups in total. The van der Waals surface area contributed by atoms with Crippen molar-refractivity contribution < 1.29 is 9.59 Å². The van der Waals surface area contributed by atoms with Crippen LogP contribution in [0.15, 0.2) is 35.7 Å². The Morgan fingerprint density at radius 3 is 2.68 bits per heavy atom. The molecule has 0 aliphatic rings. The number of carbonyl (C=O) groups excluding carboxylic acids is 2. The molecule has 3 amide bonds. The molecule has 1 aromatic heterocycles. The summed E-state index contributed by atoms with van der Waals surface area (Å²) in [6.07, 6.45) is 0.792. The van der Waals surface area contributed by atoms with E-state index in [1.165, 1.54) is 11.8 Å². The quantitative estimate of drug-likeness (QED) is 0.778. The van der Waals surface area contributed by atoms with Crippen LogP contribution in [-0.2, 0) is 11.2 Å². The molecule has 0 spiro atoms. The second-order valence-corrected chi connectivity index (χ2v) is 6.03. The van der Waals surface area contributed by atoms with Gasteiger partial charge in [0.2, 0.25) is 5.91 Å². The molecule has 2 rings (SSSR count). The highest BCUT2D eigenvalue weighted by atomic mass is 35.5. The van der Waals surface area contributed by atoms with Crippen LogP contribution in [0.3, 0.4) is 0 Å². The molecular formula is C15H16ClN3O2S. The molecule has 5 nitrogen and oxygen atoms in total. The van der Waals surface area contributed by atoms with Crippen molar-refractivity contribution in [1.29, 1.82) is 0 Å². The Morgan fingerprint density at radius 1 is 1.23 bits per heavy atom. The molecule has 0 bridgehead atoms. The fourth-order valence-electron chi connectivity index (χ4n) is 1.82. The first-order chi connectivity index (χ1) is 10.5. The van der Waals surface area contributed by atoms with E-state index in [9.17, 15) is 9.59 Å². The van der Waals surface area contributed by atoms with E-state index in [0.717, 1.165) is 6.42 Å². The summed E-state index contributed by atoms with van der Waals surface area (Å²) in [4.78, 5) is 24.0.